The summed E-state index contributed by atoms with van der Waals surface area (Å²) in [5.74, 6) is -1.49. The van der Waals surface area contributed by atoms with Gasteiger partial charge in [-0.25, -0.2) is 17.5 Å². The second-order valence-electron chi connectivity index (χ2n) is 7.18. The SMILES string of the molecule is Cn1cc(S(=O)(=O)NC2CCOC(C(F)(F)F)C2)cc1C(=O)Nc1ccc(F)c(C#N)c1. The Hall–Kier alpha value is -2.95. The zero-order chi connectivity index (χ0) is 23.7. The molecule has 2 atom stereocenters. The van der Waals surface area contributed by atoms with Gasteiger partial charge in [0.05, 0.1) is 5.56 Å². The average molecular weight is 474 g/mol. The molecule has 1 amide bonds. The molecule has 0 spiro atoms. The number of nitriles is 1. The van der Waals surface area contributed by atoms with E-state index in [0.29, 0.717) is 0 Å². The first-order valence-corrected chi connectivity index (χ1v) is 10.8. The molecule has 0 saturated carbocycles. The number of halogens is 4. The summed E-state index contributed by atoms with van der Waals surface area (Å²) in [7, 11) is -2.81. The number of hydrogen-bond acceptors (Lipinski definition) is 5. The van der Waals surface area contributed by atoms with Gasteiger partial charge in [-0.3, -0.25) is 4.79 Å². The number of nitrogens with one attached hydrogen (secondary N) is 2. The lowest BCUT2D eigenvalue weighted by Gasteiger charge is -2.30. The normalized spacial score (nSPS) is 19.4. The number of hydrogen-bond donors (Lipinski definition) is 2. The second kappa shape index (κ2) is 8.89. The fourth-order valence-electron chi connectivity index (χ4n) is 3.21. The molecule has 3 rings (SSSR count). The van der Waals surface area contributed by atoms with Crippen LogP contribution >= 0.6 is 0 Å². The highest BCUT2D eigenvalue weighted by molar-refractivity contribution is 7.89. The maximum atomic E-state index is 13.4. The molecule has 1 fully saturated rings. The molecule has 13 heteroatoms. The van der Waals surface area contributed by atoms with Crippen LogP contribution in [0.3, 0.4) is 0 Å². The molecule has 0 radical (unpaired) electrons. The molecule has 2 heterocycles. The van der Waals surface area contributed by atoms with Crippen LogP contribution in [-0.4, -0.2) is 43.8 Å². The van der Waals surface area contributed by atoms with Crippen LogP contribution in [0.2, 0.25) is 0 Å². The zero-order valence-corrected chi connectivity index (χ0v) is 17.4. The predicted octanol–water partition coefficient (Wildman–Crippen LogP) is 2.68. The third kappa shape index (κ3) is 5.26. The van der Waals surface area contributed by atoms with Gasteiger partial charge in [-0.05, 0) is 37.1 Å². The molecule has 2 unspecified atom stereocenters. The standard InChI is InChI=1S/C19H18F4N4O4S/c1-27-10-14(32(29,30)26-13-4-5-31-17(7-13)19(21,22)23)8-16(27)18(28)25-12-2-3-15(20)11(6-12)9-24/h2-3,6,8,10,13,17,26H,4-5,7H2,1H3,(H,25,28). The van der Waals surface area contributed by atoms with Crippen molar-refractivity contribution in [3.05, 3.63) is 47.5 Å². The van der Waals surface area contributed by atoms with E-state index in [2.05, 4.69) is 14.8 Å². The van der Waals surface area contributed by atoms with Crippen LogP contribution in [0.1, 0.15) is 28.9 Å². The van der Waals surface area contributed by atoms with Gasteiger partial charge in [-0.1, -0.05) is 0 Å². The summed E-state index contributed by atoms with van der Waals surface area (Å²) in [6.07, 6.45) is -6.01. The van der Waals surface area contributed by atoms with E-state index in [4.69, 9.17) is 5.26 Å². The van der Waals surface area contributed by atoms with Crippen molar-refractivity contribution in [2.24, 2.45) is 7.05 Å². The van der Waals surface area contributed by atoms with Crippen molar-refractivity contribution in [1.29, 1.82) is 5.26 Å². The largest absolute Gasteiger partial charge is 0.414 e. The number of ether oxygens (including phenoxy) is 1. The molecule has 0 bridgehead atoms. The maximum absolute atomic E-state index is 13.4. The van der Waals surface area contributed by atoms with Crippen molar-refractivity contribution >= 4 is 21.6 Å². The van der Waals surface area contributed by atoms with Crippen LogP contribution < -0.4 is 10.0 Å². The number of rotatable bonds is 5. The number of carbonyl (C=O) groups is 1. The minimum absolute atomic E-state index is 0.0672. The third-order valence-electron chi connectivity index (χ3n) is 4.84. The Labute approximate surface area is 180 Å². The van der Waals surface area contributed by atoms with Crippen molar-refractivity contribution in [3.8, 4) is 6.07 Å². The first-order chi connectivity index (χ1) is 14.9. The van der Waals surface area contributed by atoms with Crippen LogP contribution in [0.5, 0.6) is 0 Å². The summed E-state index contributed by atoms with van der Waals surface area (Å²) in [6.45, 7) is -0.248. The van der Waals surface area contributed by atoms with Crippen molar-refractivity contribution in [1.82, 2.24) is 9.29 Å². The molecule has 1 aliphatic heterocycles. The van der Waals surface area contributed by atoms with Crippen molar-refractivity contribution in [2.45, 2.75) is 36.1 Å². The lowest BCUT2D eigenvalue weighted by atomic mass is 10.0. The molecule has 2 aromatic rings. The monoisotopic (exact) mass is 474 g/mol. The number of aromatic nitrogens is 1. The second-order valence-corrected chi connectivity index (χ2v) is 8.89. The summed E-state index contributed by atoms with van der Waals surface area (Å²) in [6, 6.07) is 5.07. The Kier molecular flexibility index (Phi) is 6.59. The number of nitrogens with zero attached hydrogens (tertiary/aromatic N) is 2. The molecule has 1 saturated heterocycles. The van der Waals surface area contributed by atoms with E-state index in [1.165, 1.54) is 17.7 Å². The summed E-state index contributed by atoms with van der Waals surface area (Å²) in [5, 5.41) is 11.3. The number of sulfonamides is 1. The van der Waals surface area contributed by atoms with E-state index in [1.54, 1.807) is 6.07 Å². The third-order valence-corrected chi connectivity index (χ3v) is 6.33. The van der Waals surface area contributed by atoms with E-state index < -0.39 is 46.5 Å². The van der Waals surface area contributed by atoms with Crippen LogP contribution in [0.15, 0.2) is 35.4 Å². The molecule has 1 aromatic heterocycles. The Balaban J connectivity index is 1.75. The first-order valence-electron chi connectivity index (χ1n) is 9.28. The molecular weight excluding hydrogens is 456 g/mol. The van der Waals surface area contributed by atoms with Gasteiger partial charge in [0, 0.05) is 31.6 Å². The van der Waals surface area contributed by atoms with Gasteiger partial charge >= 0.3 is 6.18 Å². The number of amides is 1. The smallest absolute Gasteiger partial charge is 0.369 e. The van der Waals surface area contributed by atoms with Gasteiger partial charge in [0.1, 0.15) is 22.5 Å². The highest BCUT2D eigenvalue weighted by Gasteiger charge is 2.44. The molecular formula is C19H18F4N4O4S. The van der Waals surface area contributed by atoms with Gasteiger partial charge in [0.15, 0.2) is 6.10 Å². The highest BCUT2D eigenvalue weighted by Crippen LogP contribution is 2.30. The van der Waals surface area contributed by atoms with Gasteiger partial charge in [-0.15, -0.1) is 0 Å². The Morgan fingerprint density at radius 3 is 2.69 bits per heavy atom. The molecule has 32 heavy (non-hydrogen) atoms. The molecule has 1 aliphatic rings. The first kappa shape index (κ1) is 23.7. The van der Waals surface area contributed by atoms with Crippen LogP contribution in [0.25, 0.3) is 0 Å². The molecule has 1 aromatic carbocycles. The number of alkyl halides is 3. The predicted molar refractivity (Wildman–Crippen MR) is 104 cm³/mol. The quantitative estimate of drug-likeness (QED) is 0.647. The number of aryl methyl sites for hydroxylation is 1. The molecule has 172 valence electrons. The van der Waals surface area contributed by atoms with E-state index in [1.807, 2.05) is 0 Å². The molecule has 2 N–H and O–H groups in total. The fourth-order valence-corrected chi connectivity index (χ4v) is 4.56. The van der Waals surface area contributed by atoms with Crippen molar-refractivity contribution in [2.75, 3.05) is 11.9 Å². The lowest BCUT2D eigenvalue weighted by molar-refractivity contribution is -0.232. The highest BCUT2D eigenvalue weighted by atomic mass is 32.2. The Bertz CT molecular complexity index is 1170. The van der Waals surface area contributed by atoms with Crippen molar-refractivity contribution < 1.29 is 35.5 Å². The lowest BCUT2D eigenvalue weighted by Crippen LogP contribution is -2.46. The Morgan fingerprint density at radius 1 is 1.31 bits per heavy atom. The molecule has 8 nitrogen and oxygen atoms in total. The number of benzene rings is 1. The van der Waals surface area contributed by atoms with Gasteiger partial charge in [0.25, 0.3) is 5.91 Å². The zero-order valence-electron chi connectivity index (χ0n) is 16.6. The van der Waals surface area contributed by atoms with Crippen LogP contribution in [0.4, 0.5) is 23.2 Å². The maximum Gasteiger partial charge on any atom is 0.414 e. The summed E-state index contributed by atoms with van der Waals surface area (Å²) in [5.41, 5.74) is -0.235. The van der Waals surface area contributed by atoms with E-state index in [0.717, 1.165) is 24.4 Å². The van der Waals surface area contributed by atoms with Crippen molar-refractivity contribution in [3.63, 3.8) is 0 Å². The van der Waals surface area contributed by atoms with Gasteiger partial charge < -0.3 is 14.6 Å². The number of carbonyl (C=O) groups excluding carboxylic acids is 1. The average Bonchev–Trinajstić information content (AvgIpc) is 3.11. The fraction of sp³-hybridized carbons (Fsp3) is 0.368. The van der Waals surface area contributed by atoms with Crippen LogP contribution in [0, 0.1) is 17.1 Å². The summed E-state index contributed by atoms with van der Waals surface area (Å²) >= 11 is 0. The van der Waals surface area contributed by atoms with Crippen LogP contribution in [-0.2, 0) is 21.8 Å². The Morgan fingerprint density at radius 2 is 2.03 bits per heavy atom. The topological polar surface area (TPSA) is 113 Å². The minimum atomic E-state index is -4.60. The van der Waals surface area contributed by atoms with E-state index >= 15 is 0 Å². The number of anilines is 1. The summed E-state index contributed by atoms with van der Waals surface area (Å²) in [4.78, 5) is 12.2. The molecule has 0 aliphatic carbocycles. The van der Waals surface area contributed by atoms with Gasteiger partial charge in [-0.2, -0.15) is 18.4 Å². The van der Waals surface area contributed by atoms with Gasteiger partial charge in [0.2, 0.25) is 10.0 Å². The summed E-state index contributed by atoms with van der Waals surface area (Å²) < 4.78 is 85.5. The minimum Gasteiger partial charge on any atom is -0.369 e. The van der Waals surface area contributed by atoms with E-state index in [9.17, 15) is 30.8 Å². The van der Waals surface area contributed by atoms with E-state index in [-0.39, 0.29) is 34.9 Å².